The fourth-order valence-corrected chi connectivity index (χ4v) is 5.98. The molecule has 2 saturated carbocycles. The van der Waals surface area contributed by atoms with Crippen LogP contribution in [0.15, 0.2) is 48.5 Å². The number of nitrogens with one attached hydrogen (secondary N) is 1. The van der Waals surface area contributed by atoms with Crippen molar-refractivity contribution in [1.29, 1.82) is 0 Å². The maximum absolute atomic E-state index is 3.87. The fraction of sp³-hybridized carbons (Fsp3) is 0.533. The van der Waals surface area contributed by atoms with E-state index in [2.05, 4.69) is 79.2 Å². The van der Waals surface area contributed by atoms with Crippen molar-refractivity contribution < 1.29 is 0 Å². The summed E-state index contributed by atoms with van der Waals surface area (Å²) in [6.45, 7) is 7.08. The highest BCUT2D eigenvalue weighted by Gasteiger charge is 2.32. The van der Waals surface area contributed by atoms with Gasteiger partial charge in [-0.05, 0) is 73.3 Å². The highest BCUT2D eigenvalue weighted by atomic mass is 15.2. The third kappa shape index (κ3) is 4.60. The van der Waals surface area contributed by atoms with Crippen molar-refractivity contribution in [2.45, 2.75) is 97.1 Å². The molecule has 2 nitrogen and oxygen atoms in total. The molecule has 0 atom stereocenters. The van der Waals surface area contributed by atoms with Crippen molar-refractivity contribution >= 4 is 16.6 Å². The lowest BCUT2D eigenvalue weighted by Gasteiger charge is -2.37. The first-order valence-electron chi connectivity index (χ1n) is 13.0. The van der Waals surface area contributed by atoms with Crippen LogP contribution in [0.25, 0.3) is 22.2 Å². The van der Waals surface area contributed by atoms with Gasteiger partial charge in [0, 0.05) is 23.2 Å². The average molecular weight is 429 g/mol. The van der Waals surface area contributed by atoms with Gasteiger partial charge in [-0.3, -0.25) is 0 Å². The number of hydrogen-bond acceptors (Lipinski definition) is 1. The van der Waals surface area contributed by atoms with Gasteiger partial charge in [-0.2, -0.15) is 0 Å². The van der Waals surface area contributed by atoms with E-state index in [1.54, 1.807) is 0 Å². The average Bonchev–Trinajstić information content (AvgIpc) is 3.54. The first-order chi connectivity index (χ1) is 15.5. The largest absolute Gasteiger partial charge is 0.364 e. The van der Waals surface area contributed by atoms with Crippen LogP contribution >= 0.6 is 0 Å². The number of aryl methyl sites for hydroxylation is 1. The van der Waals surface area contributed by atoms with Crippen molar-refractivity contribution in [2.75, 3.05) is 4.90 Å². The van der Waals surface area contributed by atoms with Crippen LogP contribution in [0.2, 0.25) is 0 Å². The second-order valence-electron chi connectivity index (χ2n) is 11.5. The van der Waals surface area contributed by atoms with Crippen molar-refractivity contribution in [1.82, 2.24) is 4.98 Å². The van der Waals surface area contributed by atoms with Gasteiger partial charge in [-0.15, -0.1) is 0 Å². The number of fused-ring (bicyclic) bond motifs is 1. The fourth-order valence-electron chi connectivity index (χ4n) is 5.98. The second-order valence-corrected chi connectivity index (χ2v) is 11.5. The summed E-state index contributed by atoms with van der Waals surface area (Å²) in [6, 6.07) is 19.6. The summed E-state index contributed by atoms with van der Waals surface area (Å²) in [5, 5.41) is 1.38. The maximum atomic E-state index is 3.87. The molecule has 1 heterocycles. The molecule has 5 rings (SSSR count). The summed E-state index contributed by atoms with van der Waals surface area (Å²) in [7, 11) is 0. The van der Waals surface area contributed by atoms with Gasteiger partial charge in [0.2, 0.25) is 0 Å². The lowest BCUT2D eigenvalue weighted by atomic mass is 9.88. The van der Waals surface area contributed by atoms with Gasteiger partial charge in [0.1, 0.15) is 0 Å². The highest BCUT2D eigenvalue weighted by Crippen LogP contribution is 2.41. The highest BCUT2D eigenvalue weighted by molar-refractivity contribution is 5.96. The molecular formula is C30H40N2. The number of benzene rings is 2. The van der Waals surface area contributed by atoms with E-state index in [0.717, 1.165) is 6.42 Å². The van der Waals surface area contributed by atoms with E-state index in [-0.39, 0.29) is 0 Å². The molecule has 2 aromatic carbocycles. The first-order valence-corrected chi connectivity index (χ1v) is 13.0. The molecule has 2 aliphatic rings. The topological polar surface area (TPSA) is 19.0 Å². The second kappa shape index (κ2) is 8.96. The lowest BCUT2D eigenvalue weighted by molar-refractivity contribution is 0.378. The standard InChI is InChI=1S/C30H40N2/c1-30(2,3)18-17-22-19-24-21-27(23-11-5-4-6-12-23)31-29(24)28(20-22)32(25-13-7-8-14-25)26-15-9-10-16-26/h4-6,11-12,19-21,25-26,31H,7-10,13-18H2,1-3H3. The van der Waals surface area contributed by atoms with E-state index in [1.807, 2.05) is 0 Å². The van der Waals surface area contributed by atoms with Crippen LogP contribution < -0.4 is 4.90 Å². The number of hydrogen-bond donors (Lipinski definition) is 1. The van der Waals surface area contributed by atoms with Gasteiger partial charge < -0.3 is 9.88 Å². The van der Waals surface area contributed by atoms with Crippen molar-refractivity contribution in [3.63, 3.8) is 0 Å². The van der Waals surface area contributed by atoms with Gasteiger partial charge >= 0.3 is 0 Å². The van der Waals surface area contributed by atoms with Crippen LogP contribution in [0.3, 0.4) is 0 Å². The first kappa shape index (κ1) is 21.6. The molecule has 0 aliphatic heterocycles. The minimum absolute atomic E-state index is 0.360. The van der Waals surface area contributed by atoms with E-state index >= 15 is 0 Å². The normalized spacial score (nSPS) is 18.1. The van der Waals surface area contributed by atoms with E-state index in [0.29, 0.717) is 17.5 Å². The van der Waals surface area contributed by atoms with Crippen LogP contribution in [0.5, 0.6) is 0 Å². The molecule has 0 spiro atoms. The Labute approximate surface area is 194 Å². The van der Waals surface area contributed by atoms with Gasteiger partial charge in [0.25, 0.3) is 0 Å². The Balaban J connectivity index is 1.62. The smallest absolute Gasteiger partial charge is 0.0696 e. The summed E-state index contributed by atoms with van der Waals surface area (Å²) < 4.78 is 0. The summed E-state index contributed by atoms with van der Waals surface area (Å²) in [6.07, 6.45) is 13.4. The quantitative estimate of drug-likeness (QED) is 0.417. The summed E-state index contributed by atoms with van der Waals surface area (Å²) >= 11 is 0. The molecule has 32 heavy (non-hydrogen) atoms. The SMILES string of the molecule is CC(C)(C)CCc1cc(N(C2CCCC2)C2CCCC2)c2[nH]c(-c3ccccc3)cc2c1. The zero-order chi connectivity index (χ0) is 22.1. The lowest BCUT2D eigenvalue weighted by Crippen LogP contribution is -2.41. The molecular weight excluding hydrogens is 388 g/mol. The molecule has 2 heteroatoms. The number of H-pyrrole nitrogens is 1. The van der Waals surface area contributed by atoms with Gasteiger partial charge in [-0.25, -0.2) is 0 Å². The Morgan fingerprint density at radius 1 is 0.844 bits per heavy atom. The van der Waals surface area contributed by atoms with Crippen LogP contribution in [-0.2, 0) is 6.42 Å². The third-order valence-electron chi connectivity index (χ3n) is 7.73. The van der Waals surface area contributed by atoms with E-state index in [1.165, 1.54) is 91.2 Å². The number of rotatable bonds is 6. The Kier molecular flexibility index (Phi) is 6.05. The van der Waals surface area contributed by atoms with Gasteiger partial charge in [0.05, 0.1) is 11.2 Å². The predicted molar refractivity (Wildman–Crippen MR) is 139 cm³/mol. The van der Waals surface area contributed by atoms with E-state index < -0.39 is 0 Å². The molecule has 0 unspecified atom stereocenters. The van der Waals surface area contributed by atoms with Gasteiger partial charge in [0.15, 0.2) is 0 Å². The Morgan fingerprint density at radius 2 is 1.47 bits per heavy atom. The molecule has 0 radical (unpaired) electrons. The van der Waals surface area contributed by atoms with Crippen LogP contribution in [0.1, 0.15) is 84.1 Å². The number of nitrogens with zero attached hydrogens (tertiary/aromatic N) is 1. The maximum Gasteiger partial charge on any atom is 0.0696 e. The minimum atomic E-state index is 0.360. The molecule has 0 saturated heterocycles. The van der Waals surface area contributed by atoms with Crippen molar-refractivity contribution in [3.05, 3.63) is 54.1 Å². The third-order valence-corrected chi connectivity index (χ3v) is 7.73. The predicted octanol–water partition coefficient (Wildman–Crippen LogP) is 8.51. The minimum Gasteiger partial charge on any atom is -0.364 e. The summed E-state index contributed by atoms with van der Waals surface area (Å²) in [5.74, 6) is 0. The Hall–Kier alpha value is -2.22. The number of anilines is 1. The van der Waals surface area contributed by atoms with Crippen molar-refractivity contribution in [2.24, 2.45) is 5.41 Å². The number of aromatic amines is 1. The molecule has 2 aliphatic carbocycles. The van der Waals surface area contributed by atoms with Crippen LogP contribution in [0, 0.1) is 5.41 Å². The monoisotopic (exact) mass is 428 g/mol. The zero-order valence-corrected chi connectivity index (χ0v) is 20.3. The Bertz CT molecular complexity index is 1010. The molecule has 1 aromatic heterocycles. The zero-order valence-electron chi connectivity index (χ0n) is 20.3. The molecule has 2 fully saturated rings. The summed E-state index contributed by atoms with van der Waals surface area (Å²) in [4.78, 5) is 6.75. The van der Waals surface area contributed by atoms with E-state index in [4.69, 9.17) is 0 Å². The summed E-state index contributed by atoms with van der Waals surface area (Å²) in [5.41, 5.74) is 7.21. The number of aromatic nitrogens is 1. The van der Waals surface area contributed by atoms with Crippen LogP contribution in [-0.4, -0.2) is 17.1 Å². The van der Waals surface area contributed by atoms with Crippen molar-refractivity contribution in [3.8, 4) is 11.3 Å². The molecule has 3 aromatic rings. The molecule has 170 valence electrons. The van der Waals surface area contributed by atoms with E-state index in [9.17, 15) is 0 Å². The molecule has 0 bridgehead atoms. The van der Waals surface area contributed by atoms with Gasteiger partial charge in [-0.1, -0.05) is 76.8 Å². The molecule has 0 amide bonds. The van der Waals surface area contributed by atoms with Crippen LogP contribution in [0.4, 0.5) is 5.69 Å². The molecule has 1 N–H and O–H groups in total. The Morgan fingerprint density at radius 3 is 2.06 bits per heavy atom.